The van der Waals surface area contributed by atoms with Gasteiger partial charge >= 0.3 is 0 Å². The second-order valence-corrected chi connectivity index (χ2v) is 6.59. The topological polar surface area (TPSA) is 55.1 Å². The molecular formula is C15H24N2OS. The third-order valence-electron chi connectivity index (χ3n) is 4.02. The minimum atomic E-state index is -0.274. The Balaban J connectivity index is 2.07. The Morgan fingerprint density at radius 1 is 1.47 bits per heavy atom. The lowest BCUT2D eigenvalue weighted by molar-refractivity contribution is -0.127. The Hall–Kier alpha value is -0.870. The Morgan fingerprint density at radius 2 is 2.21 bits per heavy atom. The molecule has 0 saturated heterocycles. The van der Waals surface area contributed by atoms with Crippen molar-refractivity contribution in [2.24, 2.45) is 5.73 Å². The van der Waals surface area contributed by atoms with Gasteiger partial charge < -0.3 is 11.1 Å². The Morgan fingerprint density at radius 3 is 2.79 bits per heavy atom. The molecule has 106 valence electrons. The van der Waals surface area contributed by atoms with Crippen LogP contribution in [0.2, 0.25) is 0 Å². The van der Waals surface area contributed by atoms with Crippen molar-refractivity contribution in [2.45, 2.75) is 56.9 Å². The van der Waals surface area contributed by atoms with E-state index in [1.165, 1.54) is 11.3 Å². The van der Waals surface area contributed by atoms with E-state index in [1.54, 1.807) is 11.3 Å². The fourth-order valence-electron chi connectivity index (χ4n) is 2.87. The molecule has 1 aromatic heterocycles. The van der Waals surface area contributed by atoms with E-state index in [-0.39, 0.29) is 17.4 Å². The molecular weight excluding hydrogens is 256 g/mol. The lowest BCUT2D eigenvalue weighted by Gasteiger charge is -2.35. The Kier molecular flexibility index (Phi) is 4.99. The molecule has 1 atom stereocenters. The molecule has 0 bridgehead atoms. The molecule has 0 aliphatic heterocycles. The maximum atomic E-state index is 12.7. The summed E-state index contributed by atoms with van der Waals surface area (Å²) in [5.41, 5.74) is 5.46. The van der Waals surface area contributed by atoms with Crippen LogP contribution in [-0.2, 0) is 10.2 Å². The van der Waals surface area contributed by atoms with Crippen LogP contribution in [0.4, 0.5) is 0 Å². The van der Waals surface area contributed by atoms with Gasteiger partial charge in [-0.3, -0.25) is 4.79 Å². The maximum absolute atomic E-state index is 12.7. The molecule has 1 heterocycles. The van der Waals surface area contributed by atoms with Gasteiger partial charge in [0.1, 0.15) is 0 Å². The molecule has 1 saturated carbocycles. The van der Waals surface area contributed by atoms with Crippen molar-refractivity contribution in [1.82, 2.24) is 5.32 Å². The third kappa shape index (κ3) is 3.37. The van der Waals surface area contributed by atoms with Gasteiger partial charge in [0.05, 0.1) is 5.41 Å². The Bertz CT molecular complexity index is 394. The first-order valence-electron chi connectivity index (χ1n) is 7.23. The highest BCUT2D eigenvalue weighted by Crippen LogP contribution is 2.41. The first kappa shape index (κ1) is 14.5. The average Bonchev–Trinajstić information content (AvgIpc) is 2.93. The number of carbonyl (C=O) groups is 1. The number of carbonyl (C=O) groups excluding carboxylic acids is 1. The molecule has 0 spiro atoms. The van der Waals surface area contributed by atoms with Gasteiger partial charge in [-0.05, 0) is 37.6 Å². The molecule has 2 rings (SSSR count). The third-order valence-corrected chi connectivity index (χ3v) is 5.09. The number of nitrogens with two attached hydrogens (primary N) is 1. The average molecular weight is 280 g/mol. The normalized spacial score (nSPS) is 19.9. The van der Waals surface area contributed by atoms with Crippen molar-refractivity contribution in [3.05, 3.63) is 22.4 Å². The van der Waals surface area contributed by atoms with Crippen molar-refractivity contribution in [3.63, 3.8) is 0 Å². The van der Waals surface area contributed by atoms with Crippen molar-refractivity contribution in [3.8, 4) is 0 Å². The summed E-state index contributed by atoms with van der Waals surface area (Å²) < 4.78 is 0. The van der Waals surface area contributed by atoms with Crippen LogP contribution in [0, 0.1) is 0 Å². The predicted octanol–water partition coefficient (Wildman–Crippen LogP) is 2.80. The molecule has 1 aromatic rings. The zero-order valence-electron chi connectivity index (χ0n) is 11.7. The monoisotopic (exact) mass is 280 g/mol. The van der Waals surface area contributed by atoms with E-state index in [2.05, 4.69) is 16.8 Å². The van der Waals surface area contributed by atoms with E-state index in [4.69, 9.17) is 5.73 Å². The van der Waals surface area contributed by atoms with Crippen LogP contribution in [0.3, 0.4) is 0 Å². The van der Waals surface area contributed by atoms with Gasteiger partial charge in [0, 0.05) is 17.5 Å². The molecule has 3 N–H and O–H groups in total. The smallest absolute Gasteiger partial charge is 0.231 e. The molecule has 1 fully saturated rings. The summed E-state index contributed by atoms with van der Waals surface area (Å²) >= 11 is 1.71. The molecule has 1 unspecified atom stereocenters. The van der Waals surface area contributed by atoms with E-state index in [9.17, 15) is 4.79 Å². The lowest BCUT2D eigenvalue weighted by Crippen LogP contribution is -2.46. The number of hydrogen-bond acceptors (Lipinski definition) is 3. The molecule has 1 aliphatic rings. The van der Waals surface area contributed by atoms with Crippen molar-refractivity contribution < 1.29 is 4.79 Å². The second kappa shape index (κ2) is 6.53. The van der Waals surface area contributed by atoms with Crippen LogP contribution >= 0.6 is 11.3 Å². The van der Waals surface area contributed by atoms with Crippen molar-refractivity contribution >= 4 is 17.2 Å². The summed E-state index contributed by atoms with van der Waals surface area (Å²) in [7, 11) is 0. The van der Waals surface area contributed by atoms with Crippen LogP contribution in [0.15, 0.2) is 17.5 Å². The van der Waals surface area contributed by atoms with Crippen LogP contribution in [-0.4, -0.2) is 18.5 Å². The molecule has 1 amide bonds. The summed E-state index contributed by atoms with van der Waals surface area (Å²) in [5.74, 6) is 0.204. The van der Waals surface area contributed by atoms with Crippen LogP contribution in [0.25, 0.3) is 0 Å². The number of nitrogens with one attached hydrogen (secondary N) is 1. The first-order chi connectivity index (χ1) is 9.15. The van der Waals surface area contributed by atoms with Gasteiger partial charge in [0.25, 0.3) is 0 Å². The number of hydrogen-bond donors (Lipinski definition) is 2. The van der Waals surface area contributed by atoms with E-state index in [0.29, 0.717) is 6.54 Å². The summed E-state index contributed by atoms with van der Waals surface area (Å²) in [5, 5.41) is 5.17. The maximum Gasteiger partial charge on any atom is 0.231 e. The van der Waals surface area contributed by atoms with Gasteiger partial charge in [-0.2, -0.15) is 0 Å². The van der Waals surface area contributed by atoms with E-state index < -0.39 is 0 Å². The fraction of sp³-hybridized carbons (Fsp3) is 0.667. The standard InChI is InChI=1S/C15H24N2OS/c1-12(16)7-10-17-14(18)15(8-3-2-4-9-15)13-6-5-11-19-13/h5-6,11-12H,2-4,7-10,16H2,1H3,(H,17,18). The largest absolute Gasteiger partial charge is 0.355 e. The highest BCUT2D eigenvalue weighted by molar-refractivity contribution is 7.10. The highest BCUT2D eigenvalue weighted by Gasteiger charge is 2.41. The van der Waals surface area contributed by atoms with E-state index in [1.807, 2.05) is 13.0 Å². The summed E-state index contributed by atoms with van der Waals surface area (Å²) in [6.07, 6.45) is 6.36. The first-order valence-corrected chi connectivity index (χ1v) is 8.11. The molecule has 19 heavy (non-hydrogen) atoms. The molecule has 0 radical (unpaired) electrons. The van der Waals surface area contributed by atoms with Crippen molar-refractivity contribution in [1.29, 1.82) is 0 Å². The SMILES string of the molecule is CC(N)CCNC(=O)C1(c2cccs2)CCCCC1. The van der Waals surface area contributed by atoms with E-state index >= 15 is 0 Å². The zero-order valence-corrected chi connectivity index (χ0v) is 12.5. The number of thiophene rings is 1. The molecule has 3 nitrogen and oxygen atoms in total. The van der Waals surface area contributed by atoms with Gasteiger partial charge in [-0.25, -0.2) is 0 Å². The van der Waals surface area contributed by atoms with Crippen LogP contribution < -0.4 is 11.1 Å². The molecule has 1 aliphatic carbocycles. The van der Waals surface area contributed by atoms with Gasteiger partial charge in [-0.1, -0.05) is 25.3 Å². The molecule has 4 heteroatoms. The van der Waals surface area contributed by atoms with Gasteiger partial charge in [0.15, 0.2) is 0 Å². The zero-order chi connectivity index (χ0) is 13.7. The summed E-state index contributed by atoms with van der Waals surface area (Å²) in [4.78, 5) is 13.9. The minimum Gasteiger partial charge on any atom is -0.355 e. The highest BCUT2D eigenvalue weighted by atomic mass is 32.1. The minimum absolute atomic E-state index is 0.143. The van der Waals surface area contributed by atoms with E-state index in [0.717, 1.165) is 32.1 Å². The number of amides is 1. The van der Waals surface area contributed by atoms with Gasteiger partial charge in [-0.15, -0.1) is 11.3 Å². The van der Waals surface area contributed by atoms with Crippen LogP contribution in [0.1, 0.15) is 50.3 Å². The quantitative estimate of drug-likeness (QED) is 0.871. The Labute approximate surface area is 119 Å². The number of rotatable bonds is 5. The lowest BCUT2D eigenvalue weighted by atomic mass is 9.72. The van der Waals surface area contributed by atoms with Crippen molar-refractivity contribution in [2.75, 3.05) is 6.54 Å². The fourth-order valence-corrected chi connectivity index (χ4v) is 3.86. The molecule has 0 aromatic carbocycles. The van der Waals surface area contributed by atoms with Gasteiger partial charge in [0.2, 0.25) is 5.91 Å². The van der Waals surface area contributed by atoms with Crippen LogP contribution in [0.5, 0.6) is 0 Å². The predicted molar refractivity (Wildman–Crippen MR) is 80.4 cm³/mol. The summed E-state index contributed by atoms with van der Waals surface area (Å²) in [6, 6.07) is 4.30. The summed E-state index contributed by atoms with van der Waals surface area (Å²) in [6.45, 7) is 2.66. The second-order valence-electron chi connectivity index (χ2n) is 5.64.